The van der Waals surface area contributed by atoms with E-state index in [4.69, 9.17) is 4.74 Å². The number of ether oxygens (including phenoxy) is 1. The smallest absolute Gasteiger partial charge is 0.278 e. The standard InChI is InChI=1S/C29H36F2N4O2S/c1-19(16-35-15-11-25-24(17-35)34-27(38-25)37-18-29(3,30)31)28(2)12-9-20(10-13-28)33-26(36)22-6-4-8-23-21(22)7-5-14-32-23/h4-8,14,19-20H,9-13,15-18H2,1-3H3,(H,33,36)/t19-,20-,28-/m1/s1. The van der Waals surface area contributed by atoms with Gasteiger partial charge in [-0.1, -0.05) is 37.3 Å². The number of carbonyl (C=O) groups excluding carboxylic acids is 1. The maximum atomic E-state index is 13.2. The summed E-state index contributed by atoms with van der Waals surface area (Å²) in [5.41, 5.74) is 2.68. The van der Waals surface area contributed by atoms with Gasteiger partial charge < -0.3 is 10.1 Å². The van der Waals surface area contributed by atoms with Crippen LogP contribution in [-0.2, 0) is 13.0 Å². The van der Waals surface area contributed by atoms with Crippen LogP contribution in [0.15, 0.2) is 36.5 Å². The van der Waals surface area contributed by atoms with Crippen LogP contribution in [-0.4, -0.2) is 52.4 Å². The number of fused-ring (bicyclic) bond motifs is 2. The average molecular weight is 543 g/mol. The zero-order valence-electron chi connectivity index (χ0n) is 22.3. The zero-order valence-corrected chi connectivity index (χ0v) is 23.1. The van der Waals surface area contributed by atoms with Crippen molar-refractivity contribution in [1.29, 1.82) is 0 Å². The molecule has 1 N–H and O–H groups in total. The van der Waals surface area contributed by atoms with Crippen LogP contribution in [0.1, 0.15) is 67.4 Å². The van der Waals surface area contributed by atoms with Gasteiger partial charge in [-0.3, -0.25) is 14.7 Å². The van der Waals surface area contributed by atoms with Crippen LogP contribution < -0.4 is 10.1 Å². The number of hydrogen-bond donors (Lipinski definition) is 1. The molecule has 0 unspecified atom stereocenters. The topological polar surface area (TPSA) is 67.3 Å². The number of rotatable bonds is 8. The molecule has 1 amide bonds. The van der Waals surface area contributed by atoms with E-state index < -0.39 is 12.5 Å². The van der Waals surface area contributed by atoms with Gasteiger partial charge >= 0.3 is 0 Å². The SMILES string of the molecule is C[C@H](CN1CCc2sc(OCC(C)(F)F)nc2C1)[C@]1(C)CC[C@@H](NC(=O)c2cccc3ncccc23)CC1. The van der Waals surface area contributed by atoms with E-state index >= 15 is 0 Å². The van der Waals surface area contributed by atoms with Crippen LogP contribution in [0.5, 0.6) is 5.19 Å². The lowest BCUT2D eigenvalue weighted by Gasteiger charge is -2.44. The van der Waals surface area contributed by atoms with E-state index in [1.54, 1.807) is 6.20 Å². The Bertz CT molecular complexity index is 1280. The molecular weight excluding hydrogens is 506 g/mol. The Morgan fingerprint density at radius 1 is 1.29 bits per heavy atom. The maximum Gasteiger partial charge on any atom is 0.278 e. The Hall–Kier alpha value is -2.65. The summed E-state index contributed by atoms with van der Waals surface area (Å²) >= 11 is 1.40. The second kappa shape index (κ2) is 10.8. The van der Waals surface area contributed by atoms with Gasteiger partial charge in [0, 0.05) is 54.6 Å². The number of aromatic nitrogens is 2. The Morgan fingerprint density at radius 2 is 2.08 bits per heavy atom. The van der Waals surface area contributed by atoms with Crippen LogP contribution in [0.2, 0.25) is 0 Å². The molecule has 1 aliphatic heterocycles. The fourth-order valence-electron chi connectivity index (χ4n) is 5.72. The van der Waals surface area contributed by atoms with Crippen molar-refractivity contribution in [2.24, 2.45) is 11.3 Å². The summed E-state index contributed by atoms with van der Waals surface area (Å²) in [5, 5.41) is 4.50. The molecule has 38 heavy (non-hydrogen) atoms. The van der Waals surface area contributed by atoms with Gasteiger partial charge in [-0.15, -0.1) is 0 Å². The van der Waals surface area contributed by atoms with Crippen molar-refractivity contribution in [3.8, 4) is 5.19 Å². The highest BCUT2D eigenvalue weighted by Gasteiger charge is 2.37. The van der Waals surface area contributed by atoms with Crippen molar-refractivity contribution in [1.82, 2.24) is 20.2 Å². The van der Waals surface area contributed by atoms with E-state index in [2.05, 4.69) is 34.0 Å². The monoisotopic (exact) mass is 542 g/mol. The predicted octanol–water partition coefficient (Wildman–Crippen LogP) is 6.10. The third kappa shape index (κ3) is 6.15. The highest BCUT2D eigenvalue weighted by Crippen LogP contribution is 2.43. The second-order valence-corrected chi connectivity index (χ2v) is 12.4. The minimum atomic E-state index is -2.86. The minimum absolute atomic E-state index is 0.0244. The summed E-state index contributed by atoms with van der Waals surface area (Å²) in [6.45, 7) is 7.57. The first-order chi connectivity index (χ1) is 18.1. The van der Waals surface area contributed by atoms with Crippen LogP contribution in [0.25, 0.3) is 10.9 Å². The highest BCUT2D eigenvalue weighted by molar-refractivity contribution is 7.13. The number of hydrogen-bond acceptors (Lipinski definition) is 6. The van der Waals surface area contributed by atoms with Crippen LogP contribution in [0.3, 0.4) is 0 Å². The van der Waals surface area contributed by atoms with Gasteiger partial charge in [0.2, 0.25) is 0 Å². The van der Waals surface area contributed by atoms with Gasteiger partial charge in [0.05, 0.1) is 11.2 Å². The molecule has 0 saturated heterocycles. The third-order valence-corrected chi connectivity index (χ3v) is 9.38. The molecule has 0 bridgehead atoms. The van der Waals surface area contributed by atoms with Gasteiger partial charge in [0.15, 0.2) is 6.61 Å². The number of pyridine rings is 1. The number of alkyl halides is 2. The fraction of sp³-hybridized carbons (Fsp3) is 0.552. The lowest BCUT2D eigenvalue weighted by molar-refractivity contribution is -0.0230. The van der Waals surface area contributed by atoms with Gasteiger partial charge in [-0.05, 0) is 61.6 Å². The molecule has 9 heteroatoms. The summed E-state index contributed by atoms with van der Waals surface area (Å²) in [5.74, 6) is -2.40. The first-order valence-corrected chi connectivity index (χ1v) is 14.3. The fourth-order valence-corrected chi connectivity index (χ4v) is 6.63. The molecular formula is C29H36F2N4O2S. The predicted molar refractivity (Wildman–Crippen MR) is 146 cm³/mol. The van der Waals surface area contributed by atoms with Gasteiger partial charge in [-0.25, -0.2) is 13.8 Å². The normalized spacial score (nSPS) is 23.1. The first-order valence-electron chi connectivity index (χ1n) is 13.5. The van der Waals surface area contributed by atoms with E-state index in [9.17, 15) is 13.6 Å². The van der Waals surface area contributed by atoms with Crippen molar-refractivity contribution >= 4 is 28.1 Å². The number of nitrogens with one attached hydrogen (secondary N) is 1. The Kier molecular flexibility index (Phi) is 7.69. The zero-order chi connectivity index (χ0) is 26.9. The third-order valence-electron chi connectivity index (χ3n) is 8.31. The molecule has 3 aromatic rings. The average Bonchev–Trinajstić information content (AvgIpc) is 3.30. The largest absolute Gasteiger partial charge is 0.464 e. The number of thiazole rings is 1. The Labute approximate surface area is 226 Å². The van der Waals surface area contributed by atoms with E-state index in [1.807, 2.05) is 30.3 Å². The minimum Gasteiger partial charge on any atom is -0.464 e. The number of amides is 1. The molecule has 204 valence electrons. The van der Waals surface area contributed by atoms with Crippen LogP contribution >= 0.6 is 11.3 Å². The van der Waals surface area contributed by atoms with E-state index in [0.29, 0.717) is 16.7 Å². The number of benzene rings is 1. The Morgan fingerprint density at radius 3 is 2.84 bits per heavy atom. The summed E-state index contributed by atoms with van der Waals surface area (Å²) in [7, 11) is 0. The van der Waals surface area contributed by atoms with Gasteiger partial charge in [0.25, 0.3) is 17.0 Å². The van der Waals surface area contributed by atoms with Crippen LogP contribution in [0, 0.1) is 11.3 Å². The molecule has 3 heterocycles. The first kappa shape index (κ1) is 26.9. The number of nitrogens with zero attached hydrogens (tertiary/aromatic N) is 3. The lowest BCUT2D eigenvalue weighted by Crippen LogP contribution is -2.44. The Balaban J connectivity index is 1.13. The molecule has 1 saturated carbocycles. The van der Waals surface area contributed by atoms with Crippen molar-refractivity contribution in [3.63, 3.8) is 0 Å². The van der Waals surface area contributed by atoms with Gasteiger partial charge in [-0.2, -0.15) is 0 Å². The van der Waals surface area contributed by atoms with Crippen LogP contribution in [0.4, 0.5) is 8.78 Å². The van der Waals surface area contributed by atoms with Crippen molar-refractivity contribution in [2.75, 3.05) is 19.7 Å². The number of halogens is 2. The molecule has 6 nitrogen and oxygen atoms in total. The maximum absolute atomic E-state index is 13.2. The van der Waals surface area contributed by atoms with E-state index in [0.717, 1.165) is 80.1 Å². The van der Waals surface area contributed by atoms with Gasteiger partial charge in [0.1, 0.15) is 0 Å². The molecule has 1 aromatic carbocycles. The molecule has 0 radical (unpaired) electrons. The molecule has 1 fully saturated rings. The summed E-state index contributed by atoms with van der Waals surface area (Å²) in [4.78, 5) is 25.5. The second-order valence-electron chi connectivity index (χ2n) is 11.4. The lowest BCUT2D eigenvalue weighted by atomic mass is 9.66. The molecule has 5 rings (SSSR count). The molecule has 2 aliphatic rings. The molecule has 2 aromatic heterocycles. The quantitative estimate of drug-likeness (QED) is 0.373. The highest BCUT2D eigenvalue weighted by atomic mass is 32.1. The summed E-state index contributed by atoms with van der Waals surface area (Å²) in [6.07, 6.45) is 6.68. The van der Waals surface area contributed by atoms with E-state index in [-0.39, 0.29) is 17.4 Å². The summed E-state index contributed by atoms with van der Waals surface area (Å²) in [6, 6.07) is 9.67. The summed E-state index contributed by atoms with van der Waals surface area (Å²) < 4.78 is 31.5. The van der Waals surface area contributed by atoms with Crippen molar-refractivity contribution in [3.05, 3.63) is 52.7 Å². The van der Waals surface area contributed by atoms with Crippen molar-refractivity contribution < 1.29 is 18.3 Å². The van der Waals surface area contributed by atoms with E-state index in [1.165, 1.54) is 11.3 Å². The van der Waals surface area contributed by atoms with Crippen molar-refractivity contribution in [2.45, 2.75) is 71.4 Å². The molecule has 1 aliphatic carbocycles. The number of carbonyl (C=O) groups is 1. The molecule has 0 spiro atoms. The molecule has 1 atom stereocenters.